The molecule has 0 saturated carbocycles. The summed E-state index contributed by atoms with van der Waals surface area (Å²) >= 11 is 1.49. The molecule has 0 spiro atoms. The molecule has 0 unspecified atom stereocenters. The van der Waals surface area contributed by atoms with E-state index in [0.717, 1.165) is 10.4 Å². The molecule has 0 atom stereocenters. The van der Waals surface area contributed by atoms with Gasteiger partial charge in [0.15, 0.2) is 5.82 Å². The summed E-state index contributed by atoms with van der Waals surface area (Å²) in [5, 5.41) is 6.41. The van der Waals surface area contributed by atoms with Gasteiger partial charge in [0.25, 0.3) is 5.91 Å². The lowest BCUT2D eigenvalue weighted by molar-refractivity contribution is 0.0615. The van der Waals surface area contributed by atoms with Crippen LogP contribution in [0.1, 0.15) is 16.2 Å². The molecule has 10 heteroatoms. The van der Waals surface area contributed by atoms with Crippen LogP contribution in [-0.2, 0) is 6.54 Å². The predicted molar refractivity (Wildman–Crippen MR) is 129 cm³/mol. The Kier molecular flexibility index (Phi) is 6.56. The van der Waals surface area contributed by atoms with E-state index in [2.05, 4.69) is 15.0 Å². The first-order valence-corrected chi connectivity index (χ1v) is 12.0. The number of rotatable bonds is 6. The Morgan fingerprint density at radius 1 is 1.03 bits per heavy atom. The fraction of sp³-hybridized carbons (Fsp3) is 0.240. The zero-order valence-electron chi connectivity index (χ0n) is 19.0. The van der Waals surface area contributed by atoms with Crippen molar-refractivity contribution in [2.24, 2.45) is 0 Å². The summed E-state index contributed by atoms with van der Waals surface area (Å²) in [5.74, 6) is 0.355. The molecule has 0 radical (unpaired) electrons. The average molecular weight is 496 g/mol. The standard InChI is InChI=1S/C25H23F2N5O2S/c1-34-21-9-6-19(27)15-17(21)16-30-10-12-31(13-11-30)25(33)23-28-24(22-3-2-14-35-22)32(29-23)20-7-4-18(26)5-8-20/h2-9,14-15H,10-13,16H2,1H3. The van der Waals surface area contributed by atoms with Crippen molar-refractivity contribution in [1.82, 2.24) is 24.6 Å². The van der Waals surface area contributed by atoms with Crippen LogP contribution in [0.5, 0.6) is 5.75 Å². The molecule has 0 aliphatic carbocycles. The lowest BCUT2D eigenvalue weighted by atomic mass is 10.1. The maximum absolute atomic E-state index is 13.7. The molecule has 1 aliphatic heterocycles. The molecule has 0 N–H and O–H groups in total. The molecule has 0 bridgehead atoms. The lowest BCUT2D eigenvalue weighted by Crippen LogP contribution is -2.48. The van der Waals surface area contributed by atoms with Gasteiger partial charge >= 0.3 is 0 Å². The molecule has 1 amide bonds. The molecule has 4 aromatic rings. The molecule has 180 valence electrons. The first kappa shape index (κ1) is 23.1. The number of amides is 1. The Morgan fingerprint density at radius 3 is 2.46 bits per heavy atom. The van der Waals surface area contributed by atoms with E-state index in [1.807, 2.05) is 17.5 Å². The SMILES string of the molecule is COc1ccc(F)cc1CN1CCN(C(=O)c2nc(-c3cccs3)n(-c3ccc(F)cc3)n2)CC1. The number of hydrogen-bond acceptors (Lipinski definition) is 6. The van der Waals surface area contributed by atoms with Gasteiger partial charge in [-0.1, -0.05) is 6.07 Å². The molecule has 5 rings (SSSR count). The lowest BCUT2D eigenvalue weighted by Gasteiger charge is -2.34. The van der Waals surface area contributed by atoms with Gasteiger partial charge < -0.3 is 9.64 Å². The van der Waals surface area contributed by atoms with Crippen molar-refractivity contribution in [3.8, 4) is 22.1 Å². The Bertz CT molecular complexity index is 1320. The van der Waals surface area contributed by atoms with Crippen LogP contribution in [0.4, 0.5) is 8.78 Å². The number of nitrogens with zero attached hydrogens (tertiary/aromatic N) is 5. The van der Waals surface area contributed by atoms with Crippen LogP contribution in [0, 0.1) is 11.6 Å². The number of aromatic nitrogens is 3. The van der Waals surface area contributed by atoms with E-state index in [1.54, 1.807) is 34.9 Å². The second-order valence-corrected chi connectivity index (χ2v) is 9.10. The van der Waals surface area contributed by atoms with Gasteiger partial charge in [-0.15, -0.1) is 16.4 Å². The van der Waals surface area contributed by atoms with Crippen molar-refractivity contribution >= 4 is 17.2 Å². The van der Waals surface area contributed by atoms with Crippen molar-refractivity contribution in [2.45, 2.75) is 6.54 Å². The van der Waals surface area contributed by atoms with Crippen molar-refractivity contribution in [2.75, 3.05) is 33.3 Å². The average Bonchev–Trinajstić information content (AvgIpc) is 3.55. The van der Waals surface area contributed by atoms with E-state index >= 15 is 0 Å². The molecule has 1 aliphatic rings. The largest absolute Gasteiger partial charge is 0.496 e. The molecule has 2 aromatic carbocycles. The summed E-state index contributed by atoms with van der Waals surface area (Å²) in [7, 11) is 1.57. The Morgan fingerprint density at radius 2 is 1.77 bits per heavy atom. The molecular weight excluding hydrogens is 472 g/mol. The molecule has 2 aromatic heterocycles. The highest BCUT2D eigenvalue weighted by atomic mass is 32.1. The maximum Gasteiger partial charge on any atom is 0.293 e. The van der Waals surface area contributed by atoms with E-state index in [1.165, 1.54) is 35.6 Å². The summed E-state index contributed by atoms with van der Waals surface area (Å²) in [5.41, 5.74) is 1.39. The van der Waals surface area contributed by atoms with Crippen LogP contribution in [0.2, 0.25) is 0 Å². The molecule has 3 heterocycles. The van der Waals surface area contributed by atoms with Crippen LogP contribution in [0.3, 0.4) is 0 Å². The number of carbonyl (C=O) groups excluding carboxylic acids is 1. The molecule has 35 heavy (non-hydrogen) atoms. The highest BCUT2D eigenvalue weighted by molar-refractivity contribution is 7.13. The third-order valence-electron chi connectivity index (χ3n) is 5.91. The fourth-order valence-corrected chi connectivity index (χ4v) is 4.79. The summed E-state index contributed by atoms with van der Waals surface area (Å²) < 4.78 is 34.1. The normalized spacial score (nSPS) is 14.3. The maximum atomic E-state index is 13.7. The number of benzene rings is 2. The Labute approximate surface area is 205 Å². The van der Waals surface area contributed by atoms with Crippen LogP contribution < -0.4 is 4.74 Å². The van der Waals surface area contributed by atoms with E-state index in [4.69, 9.17) is 4.74 Å². The van der Waals surface area contributed by atoms with E-state index < -0.39 is 0 Å². The quantitative estimate of drug-likeness (QED) is 0.401. The van der Waals surface area contributed by atoms with Crippen LogP contribution in [0.25, 0.3) is 16.4 Å². The predicted octanol–water partition coefficient (Wildman–Crippen LogP) is 4.24. The van der Waals surface area contributed by atoms with Crippen LogP contribution in [-0.4, -0.2) is 63.8 Å². The van der Waals surface area contributed by atoms with Gasteiger partial charge in [0, 0.05) is 38.3 Å². The van der Waals surface area contributed by atoms with Gasteiger partial charge in [0.05, 0.1) is 17.7 Å². The third kappa shape index (κ3) is 4.94. The number of methoxy groups -OCH3 is 1. The second kappa shape index (κ2) is 9.93. The molecule has 1 fully saturated rings. The zero-order valence-corrected chi connectivity index (χ0v) is 19.8. The summed E-state index contributed by atoms with van der Waals surface area (Å²) in [6.07, 6.45) is 0. The summed E-state index contributed by atoms with van der Waals surface area (Å²) in [6, 6.07) is 14.2. The van der Waals surface area contributed by atoms with Gasteiger partial charge in [-0.3, -0.25) is 9.69 Å². The summed E-state index contributed by atoms with van der Waals surface area (Å²) in [6.45, 7) is 2.78. The van der Waals surface area contributed by atoms with E-state index in [-0.39, 0.29) is 23.4 Å². The van der Waals surface area contributed by atoms with E-state index in [9.17, 15) is 13.6 Å². The van der Waals surface area contributed by atoms with Crippen LogP contribution >= 0.6 is 11.3 Å². The number of hydrogen-bond donors (Lipinski definition) is 0. The summed E-state index contributed by atoms with van der Waals surface area (Å²) in [4.78, 5) is 22.6. The number of thiophene rings is 1. The van der Waals surface area contributed by atoms with Gasteiger partial charge in [-0.2, -0.15) is 0 Å². The minimum Gasteiger partial charge on any atom is -0.496 e. The number of halogens is 2. The first-order chi connectivity index (χ1) is 17.0. The monoisotopic (exact) mass is 495 g/mol. The molecular formula is C25H23F2N5O2S. The fourth-order valence-electron chi connectivity index (χ4n) is 4.09. The van der Waals surface area contributed by atoms with Gasteiger partial charge in [0.2, 0.25) is 5.82 Å². The zero-order chi connectivity index (χ0) is 24.4. The highest BCUT2D eigenvalue weighted by Crippen LogP contribution is 2.26. The minimum atomic E-state index is -0.350. The topological polar surface area (TPSA) is 63.5 Å². The number of carbonyl (C=O) groups is 1. The van der Waals surface area contributed by atoms with Gasteiger partial charge in [0.1, 0.15) is 17.4 Å². The number of piperazine rings is 1. The molecule has 7 nitrogen and oxygen atoms in total. The first-order valence-electron chi connectivity index (χ1n) is 11.1. The second-order valence-electron chi connectivity index (χ2n) is 8.15. The third-order valence-corrected chi connectivity index (χ3v) is 6.77. The van der Waals surface area contributed by atoms with Gasteiger partial charge in [-0.05, 0) is 53.9 Å². The Balaban J connectivity index is 1.32. The minimum absolute atomic E-state index is 0.0953. The Hall–Kier alpha value is -3.63. The van der Waals surface area contributed by atoms with Crippen molar-refractivity contribution < 1.29 is 18.3 Å². The van der Waals surface area contributed by atoms with Crippen LogP contribution in [0.15, 0.2) is 60.0 Å². The van der Waals surface area contributed by atoms with Crippen molar-refractivity contribution in [1.29, 1.82) is 0 Å². The van der Waals surface area contributed by atoms with Crippen molar-refractivity contribution in [3.05, 3.63) is 83.0 Å². The smallest absolute Gasteiger partial charge is 0.293 e. The highest BCUT2D eigenvalue weighted by Gasteiger charge is 2.27. The number of ether oxygens (including phenoxy) is 1. The van der Waals surface area contributed by atoms with Gasteiger partial charge in [-0.25, -0.2) is 18.4 Å². The van der Waals surface area contributed by atoms with E-state index in [0.29, 0.717) is 50.0 Å². The molecule has 1 saturated heterocycles. The van der Waals surface area contributed by atoms with Crippen molar-refractivity contribution in [3.63, 3.8) is 0 Å².